The van der Waals surface area contributed by atoms with E-state index in [1.165, 1.54) is 28.8 Å². The summed E-state index contributed by atoms with van der Waals surface area (Å²) in [5, 5.41) is 3.86. The molecule has 106 valence electrons. The molecule has 4 rings (SSSR count). The van der Waals surface area contributed by atoms with E-state index < -0.39 is 0 Å². The van der Waals surface area contributed by atoms with Crippen LogP contribution >= 0.6 is 0 Å². The Balaban J connectivity index is 1.83. The van der Waals surface area contributed by atoms with Crippen LogP contribution in [0.25, 0.3) is 0 Å². The summed E-state index contributed by atoms with van der Waals surface area (Å²) in [6.45, 7) is 2.24. The molecule has 1 aliphatic heterocycles. The molecule has 2 aromatic rings. The van der Waals surface area contributed by atoms with E-state index in [9.17, 15) is 0 Å². The SMILES string of the molecule is CCc1cccc2c1N[C@H](c1ccccc1)[C@H]1CC=C[C@@H]21. The molecule has 1 aliphatic carbocycles. The Morgan fingerprint density at radius 2 is 1.90 bits per heavy atom. The summed E-state index contributed by atoms with van der Waals surface area (Å²) in [4.78, 5) is 0. The lowest BCUT2D eigenvalue weighted by Gasteiger charge is -2.38. The average molecular weight is 275 g/mol. The molecule has 0 bridgehead atoms. The van der Waals surface area contributed by atoms with Gasteiger partial charge in [-0.15, -0.1) is 0 Å². The molecule has 1 heteroatoms. The largest absolute Gasteiger partial charge is 0.377 e. The van der Waals surface area contributed by atoms with Crippen LogP contribution in [0.1, 0.15) is 42.0 Å². The van der Waals surface area contributed by atoms with Gasteiger partial charge >= 0.3 is 0 Å². The van der Waals surface area contributed by atoms with Gasteiger partial charge in [0.1, 0.15) is 0 Å². The van der Waals surface area contributed by atoms with E-state index in [0.29, 0.717) is 17.9 Å². The first-order valence-corrected chi connectivity index (χ1v) is 7.98. The third kappa shape index (κ3) is 1.99. The highest BCUT2D eigenvalue weighted by atomic mass is 15.0. The predicted molar refractivity (Wildman–Crippen MR) is 88.6 cm³/mol. The second-order valence-corrected chi connectivity index (χ2v) is 6.12. The molecule has 1 heterocycles. The molecule has 0 unspecified atom stereocenters. The van der Waals surface area contributed by atoms with Crippen LogP contribution < -0.4 is 5.32 Å². The quantitative estimate of drug-likeness (QED) is 0.754. The molecule has 0 aromatic heterocycles. The van der Waals surface area contributed by atoms with Crippen molar-refractivity contribution in [1.29, 1.82) is 0 Å². The van der Waals surface area contributed by atoms with Crippen molar-refractivity contribution in [3.8, 4) is 0 Å². The van der Waals surface area contributed by atoms with Gasteiger partial charge in [0.05, 0.1) is 6.04 Å². The van der Waals surface area contributed by atoms with Gasteiger partial charge in [-0.2, -0.15) is 0 Å². The molecule has 2 aromatic carbocycles. The minimum absolute atomic E-state index is 0.423. The second kappa shape index (κ2) is 5.07. The van der Waals surface area contributed by atoms with E-state index in [-0.39, 0.29) is 0 Å². The van der Waals surface area contributed by atoms with Crippen molar-refractivity contribution < 1.29 is 0 Å². The van der Waals surface area contributed by atoms with Crippen LogP contribution in [0, 0.1) is 5.92 Å². The van der Waals surface area contributed by atoms with Crippen LogP contribution in [0.2, 0.25) is 0 Å². The van der Waals surface area contributed by atoms with Gasteiger partial charge < -0.3 is 5.32 Å². The van der Waals surface area contributed by atoms with E-state index >= 15 is 0 Å². The van der Waals surface area contributed by atoms with Gasteiger partial charge in [-0.3, -0.25) is 0 Å². The molecule has 3 atom stereocenters. The highest BCUT2D eigenvalue weighted by Gasteiger charge is 2.38. The molecule has 0 amide bonds. The lowest BCUT2D eigenvalue weighted by atomic mass is 9.76. The van der Waals surface area contributed by atoms with Crippen molar-refractivity contribution in [2.24, 2.45) is 5.92 Å². The number of anilines is 1. The third-order valence-corrected chi connectivity index (χ3v) is 5.02. The van der Waals surface area contributed by atoms with Crippen LogP contribution in [0.3, 0.4) is 0 Å². The van der Waals surface area contributed by atoms with E-state index in [4.69, 9.17) is 0 Å². The van der Waals surface area contributed by atoms with Gasteiger partial charge in [0, 0.05) is 11.6 Å². The summed E-state index contributed by atoms with van der Waals surface area (Å²) in [5.74, 6) is 1.21. The Kier molecular flexibility index (Phi) is 3.07. The summed E-state index contributed by atoms with van der Waals surface area (Å²) < 4.78 is 0. The molecule has 0 saturated carbocycles. The first kappa shape index (κ1) is 12.7. The second-order valence-electron chi connectivity index (χ2n) is 6.12. The van der Waals surface area contributed by atoms with Crippen molar-refractivity contribution in [3.63, 3.8) is 0 Å². The maximum Gasteiger partial charge on any atom is 0.0554 e. The van der Waals surface area contributed by atoms with Gasteiger partial charge in [-0.25, -0.2) is 0 Å². The Bertz CT molecular complexity index is 671. The molecule has 0 saturated heterocycles. The first-order chi connectivity index (χ1) is 10.4. The molecule has 0 fully saturated rings. The Hall–Kier alpha value is -2.02. The summed E-state index contributed by atoms with van der Waals surface area (Å²) in [6.07, 6.45) is 7.03. The summed E-state index contributed by atoms with van der Waals surface area (Å²) in [7, 11) is 0. The van der Waals surface area contributed by atoms with Crippen molar-refractivity contribution in [3.05, 3.63) is 77.4 Å². The molecular formula is C20H21N. The van der Waals surface area contributed by atoms with Crippen LogP contribution in [-0.2, 0) is 6.42 Å². The molecule has 0 radical (unpaired) electrons. The topological polar surface area (TPSA) is 12.0 Å². The molecular weight excluding hydrogens is 254 g/mol. The van der Waals surface area contributed by atoms with Crippen molar-refractivity contribution in [2.45, 2.75) is 31.7 Å². The van der Waals surface area contributed by atoms with Gasteiger partial charge in [0.2, 0.25) is 0 Å². The lowest BCUT2D eigenvalue weighted by molar-refractivity contribution is 0.425. The van der Waals surface area contributed by atoms with Crippen molar-refractivity contribution in [1.82, 2.24) is 0 Å². The minimum Gasteiger partial charge on any atom is -0.377 e. The number of hydrogen-bond acceptors (Lipinski definition) is 1. The van der Waals surface area contributed by atoms with Gasteiger partial charge in [-0.1, -0.05) is 67.6 Å². The van der Waals surface area contributed by atoms with E-state index in [0.717, 1.165) is 6.42 Å². The number of aryl methyl sites for hydroxylation is 1. The summed E-state index contributed by atoms with van der Waals surface area (Å²) in [5.41, 5.74) is 5.71. The zero-order valence-corrected chi connectivity index (χ0v) is 12.4. The zero-order chi connectivity index (χ0) is 14.2. The van der Waals surface area contributed by atoms with Crippen molar-refractivity contribution in [2.75, 3.05) is 5.32 Å². The smallest absolute Gasteiger partial charge is 0.0554 e. The minimum atomic E-state index is 0.423. The lowest BCUT2D eigenvalue weighted by Crippen LogP contribution is -2.29. The van der Waals surface area contributed by atoms with Crippen LogP contribution in [-0.4, -0.2) is 0 Å². The number of hydrogen-bond donors (Lipinski definition) is 1. The van der Waals surface area contributed by atoms with Gasteiger partial charge in [0.25, 0.3) is 0 Å². The molecule has 21 heavy (non-hydrogen) atoms. The molecule has 0 spiro atoms. The predicted octanol–water partition coefficient (Wildman–Crippen LogP) is 5.08. The standard InChI is InChI=1S/C20H21N/c1-2-14-10-6-12-17-16-11-7-13-18(16)20(21-19(14)17)15-8-4-3-5-9-15/h3-12,16,18,20-21H,2,13H2,1H3/t16-,18-,20+/m0/s1. The van der Waals surface area contributed by atoms with Crippen LogP contribution in [0.5, 0.6) is 0 Å². The Morgan fingerprint density at radius 1 is 1.05 bits per heavy atom. The first-order valence-electron chi connectivity index (χ1n) is 7.98. The van der Waals surface area contributed by atoms with E-state index in [1.54, 1.807) is 0 Å². The summed E-state index contributed by atoms with van der Waals surface area (Å²) >= 11 is 0. The molecule has 2 aliphatic rings. The zero-order valence-electron chi connectivity index (χ0n) is 12.4. The maximum atomic E-state index is 3.86. The molecule has 1 N–H and O–H groups in total. The Morgan fingerprint density at radius 3 is 2.71 bits per heavy atom. The number of allylic oxidation sites excluding steroid dienone is 2. The van der Waals surface area contributed by atoms with E-state index in [2.05, 4.69) is 72.9 Å². The fourth-order valence-corrected chi connectivity index (χ4v) is 3.97. The van der Waals surface area contributed by atoms with E-state index in [1.807, 2.05) is 0 Å². The van der Waals surface area contributed by atoms with Crippen LogP contribution in [0.4, 0.5) is 5.69 Å². The Labute approximate surface area is 126 Å². The fourth-order valence-electron chi connectivity index (χ4n) is 3.97. The van der Waals surface area contributed by atoms with Crippen molar-refractivity contribution >= 4 is 5.69 Å². The number of nitrogens with one attached hydrogen (secondary N) is 1. The molecule has 1 nitrogen and oxygen atoms in total. The highest BCUT2D eigenvalue weighted by molar-refractivity contribution is 5.64. The average Bonchev–Trinajstić information content (AvgIpc) is 3.04. The summed E-state index contributed by atoms with van der Waals surface area (Å²) in [6, 6.07) is 18.1. The number of para-hydroxylation sites is 1. The third-order valence-electron chi connectivity index (χ3n) is 5.02. The van der Waals surface area contributed by atoms with Gasteiger partial charge in [0.15, 0.2) is 0 Å². The van der Waals surface area contributed by atoms with Gasteiger partial charge in [-0.05, 0) is 35.4 Å². The fraction of sp³-hybridized carbons (Fsp3) is 0.300. The van der Waals surface area contributed by atoms with Crippen LogP contribution in [0.15, 0.2) is 60.7 Å². The highest BCUT2D eigenvalue weighted by Crippen LogP contribution is 2.50. The normalized spacial score (nSPS) is 26.0. The number of benzene rings is 2. The number of fused-ring (bicyclic) bond motifs is 3. The monoisotopic (exact) mass is 275 g/mol. The maximum absolute atomic E-state index is 3.86. The number of rotatable bonds is 2.